The molecule has 1 aromatic heterocycles. The first-order chi connectivity index (χ1) is 12.8. The van der Waals surface area contributed by atoms with Crippen molar-refractivity contribution in [3.8, 4) is 0 Å². The van der Waals surface area contributed by atoms with E-state index in [-0.39, 0.29) is 11.8 Å². The van der Waals surface area contributed by atoms with Crippen molar-refractivity contribution in [3.63, 3.8) is 0 Å². The Balaban J connectivity index is 1.67. The van der Waals surface area contributed by atoms with Crippen LogP contribution in [-0.2, 0) is 13.0 Å². The van der Waals surface area contributed by atoms with Gasteiger partial charge in [-0.25, -0.2) is 4.98 Å². The average molecular weight is 401 g/mol. The van der Waals surface area contributed by atoms with E-state index >= 15 is 0 Å². The standard InChI is InChI=1S/C23H26Cl2N2/c1-15(2)12-17-8-10-18(11-9-17)16(3)22-26-20-6-4-5-7-21(20)27(22)14-19-13-23(19,24)25/h4-11,15-16,19H,12-14H2,1-3H3/t16-,19-/m1/s1. The lowest BCUT2D eigenvalue weighted by atomic mass is 9.96. The van der Waals surface area contributed by atoms with Crippen LogP contribution in [0.2, 0.25) is 0 Å². The molecule has 0 N–H and O–H groups in total. The molecule has 1 fully saturated rings. The van der Waals surface area contributed by atoms with Crippen molar-refractivity contribution in [2.75, 3.05) is 0 Å². The number of fused-ring (bicyclic) bond motifs is 1. The van der Waals surface area contributed by atoms with E-state index in [1.807, 2.05) is 6.07 Å². The van der Waals surface area contributed by atoms with Crippen molar-refractivity contribution in [1.82, 2.24) is 9.55 Å². The van der Waals surface area contributed by atoms with E-state index in [0.29, 0.717) is 5.92 Å². The third-order valence-corrected chi connectivity index (χ3v) is 6.48. The quantitative estimate of drug-likeness (QED) is 0.427. The molecule has 1 aliphatic carbocycles. The number of alkyl halides is 2. The van der Waals surface area contributed by atoms with Gasteiger partial charge in [-0.2, -0.15) is 0 Å². The first-order valence-corrected chi connectivity index (χ1v) is 10.5. The molecule has 4 rings (SSSR count). The third-order valence-electron chi connectivity index (χ3n) is 5.55. The van der Waals surface area contributed by atoms with Crippen LogP contribution in [0.4, 0.5) is 0 Å². The Morgan fingerprint density at radius 2 is 1.74 bits per heavy atom. The van der Waals surface area contributed by atoms with Crippen molar-refractivity contribution in [2.45, 2.75) is 50.4 Å². The fourth-order valence-electron chi connectivity index (χ4n) is 3.87. The minimum Gasteiger partial charge on any atom is -0.327 e. The lowest BCUT2D eigenvalue weighted by Gasteiger charge is -2.16. The van der Waals surface area contributed by atoms with Crippen LogP contribution in [0.25, 0.3) is 11.0 Å². The Kier molecular flexibility index (Phi) is 4.98. The summed E-state index contributed by atoms with van der Waals surface area (Å²) in [5.41, 5.74) is 4.87. The molecule has 0 spiro atoms. The number of benzene rings is 2. The van der Waals surface area contributed by atoms with Crippen LogP contribution < -0.4 is 0 Å². The molecule has 2 atom stereocenters. The Morgan fingerprint density at radius 3 is 2.37 bits per heavy atom. The van der Waals surface area contributed by atoms with Crippen LogP contribution in [-0.4, -0.2) is 13.9 Å². The van der Waals surface area contributed by atoms with Crippen molar-refractivity contribution in [1.29, 1.82) is 0 Å². The monoisotopic (exact) mass is 400 g/mol. The summed E-state index contributed by atoms with van der Waals surface area (Å²) in [6.07, 6.45) is 1.96. The second-order valence-electron chi connectivity index (χ2n) is 8.29. The number of halogens is 2. The number of para-hydroxylation sites is 2. The van der Waals surface area contributed by atoms with Gasteiger partial charge in [-0.1, -0.05) is 57.2 Å². The zero-order valence-corrected chi connectivity index (χ0v) is 17.6. The van der Waals surface area contributed by atoms with Gasteiger partial charge in [-0.3, -0.25) is 0 Å². The first-order valence-electron chi connectivity index (χ1n) is 9.77. The average Bonchev–Trinajstić information content (AvgIpc) is 3.07. The molecule has 1 aliphatic rings. The molecule has 27 heavy (non-hydrogen) atoms. The molecule has 142 valence electrons. The number of rotatable bonds is 6. The number of aromatic nitrogens is 2. The normalized spacial score (nSPS) is 19.6. The first kappa shape index (κ1) is 18.8. The van der Waals surface area contributed by atoms with Crippen LogP contribution in [0.5, 0.6) is 0 Å². The molecule has 2 nitrogen and oxygen atoms in total. The molecule has 0 aliphatic heterocycles. The minimum absolute atomic E-state index is 0.212. The zero-order valence-electron chi connectivity index (χ0n) is 16.1. The van der Waals surface area contributed by atoms with Gasteiger partial charge in [0.25, 0.3) is 0 Å². The van der Waals surface area contributed by atoms with Crippen molar-refractivity contribution in [3.05, 3.63) is 65.5 Å². The van der Waals surface area contributed by atoms with Gasteiger partial charge in [0.15, 0.2) is 0 Å². The van der Waals surface area contributed by atoms with Crippen LogP contribution in [0, 0.1) is 11.8 Å². The van der Waals surface area contributed by atoms with Crippen LogP contribution >= 0.6 is 23.2 Å². The van der Waals surface area contributed by atoms with Crippen LogP contribution in [0.1, 0.15) is 50.1 Å². The van der Waals surface area contributed by atoms with E-state index in [1.54, 1.807) is 0 Å². The second kappa shape index (κ2) is 7.14. The number of nitrogens with zero attached hydrogens (tertiary/aromatic N) is 2. The highest BCUT2D eigenvalue weighted by atomic mass is 35.5. The predicted octanol–water partition coefficient (Wildman–Crippen LogP) is 6.58. The van der Waals surface area contributed by atoms with E-state index in [4.69, 9.17) is 28.2 Å². The Bertz CT molecular complexity index is 941. The lowest BCUT2D eigenvalue weighted by Crippen LogP contribution is -2.11. The second-order valence-corrected chi connectivity index (χ2v) is 9.84. The van der Waals surface area contributed by atoms with E-state index in [2.05, 4.69) is 67.8 Å². The summed E-state index contributed by atoms with van der Waals surface area (Å²) < 4.78 is 1.74. The largest absolute Gasteiger partial charge is 0.327 e. The maximum Gasteiger partial charge on any atom is 0.123 e. The van der Waals surface area contributed by atoms with Gasteiger partial charge in [0.05, 0.1) is 11.0 Å². The summed E-state index contributed by atoms with van der Waals surface area (Å²) in [5.74, 6) is 2.26. The van der Waals surface area contributed by atoms with Crippen molar-refractivity contribution < 1.29 is 0 Å². The maximum atomic E-state index is 6.31. The van der Waals surface area contributed by atoms with Gasteiger partial charge in [0, 0.05) is 18.4 Å². The highest BCUT2D eigenvalue weighted by Gasteiger charge is 2.51. The Morgan fingerprint density at radius 1 is 1.07 bits per heavy atom. The zero-order chi connectivity index (χ0) is 19.2. The van der Waals surface area contributed by atoms with E-state index < -0.39 is 4.33 Å². The minimum atomic E-state index is -0.579. The fraction of sp³-hybridized carbons (Fsp3) is 0.435. The molecule has 0 radical (unpaired) electrons. The molecular weight excluding hydrogens is 375 g/mol. The van der Waals surface area contributed by atoms with Gasteiger partial charge < -0.3 is 4.57 Å². The molecule has 2 aromatic carbocycles. The van der Waals surface area contributed by atoms with E-state index in [0.717, 1.165) is 36.2 Å². The summed E-state index contributed by atoms with van der Waals surface area (Å²) in [5, 5.41) is 0. The number of hydrogen-bond donors (Lipinski definition) is 0. The fourth-order valence-corrected chi connectivity index (χ4v) is 4.38. The Labute approximate surface area is 171 Å². The summed E-state index contributed by atoms with van der Waals surface area (Å²) in [4.78, 5) is 4.97. The summed E-state index contributed by atoms with van der Waals surface area (Å²) in [7, 11) is 0. The van der Waals surface area contributed by atoms with E-state index in [1.165, 1.54) is 11.1 Å². The SMILES string of the molecule is CC(C)Cc1ccc([C@@H](C)c2nc3ccccc3n2C[C@H]2CC2(Cl)Cl)cc1. The predicted molar refractivity (Wildman–Crippen MR) is 115 cm³/mol. The molecule has 0 bridgehead atoms. The van der Waals surface area contributed by atoms with Crippen molar-refractivity contribution in [2.24, 2.45) is 11.8 Å². The summed E-state index contributed by atoms with van der Waals surface area (Å²) in [6.45, 7) is 7.56. The van der Waals surface area contributed by atoms with Gasteiger partial charge >= 0.3 is 0 Å². The van der Waals surface area contributed by atoms with Crippen LogP contribution in [0.3, 0.4) is 0 Å². The maximum absolute atomic E-state index is 6.31. The molecule has 3 aromatic rings. The van der Waals surface area contributed by atoms with Gasteiger partial charge in [0.2, 0.25) is 0 Å². The molecule has 0 saturated heterocycles. The third kappa shape index (κ3) is 3.88. The summed E-state index contributed by atoms with van der Waals surface area (Å²) >= 11 is 12.6. The summed E-state index contributed by atoms with van der Waals surface area (Å²) in [6, 6.07) is 17.3. The topological polar surface area (TPSA) is 17.8 Å². The molecule has 1 saturated carbocycles. The molecular formula is C23H26Cl2N2. The Hall–Kier alpha value is -1.51. The van der Waals surface area contributed by atoms with Gasteiger partial charge in [-0.15, -0.1) is 23.2 Å². The highest BCUT2D eigenvalue weighted by Crippen LogP contribution is 2.54. The number of hydrogen-bond acceptors (Lipinski definition) is 1. The highest BCUT2D eigenvalue weighted by molar-refractivity contribution is 6.50. The lowest BCUT2D eigenvalue weighted by molar-refractivity contribution is 0.593. The van der Waals surface area contributed by atoms with Crippen molar-refractivity contribution >= 4 is 34.2 Å². The van der Waals surface area contributed by atoms with E-state index in [9.17, 15) is 0 Å². The number of imidazole rings is 1. The molecule has 0 unspecified atom stereocenters. The molecule has 0 amide bonds. The molecule has 1 heterocycles. The molecule has 4 heteroatoms. The van der Waals surface area contributed by atoms with Gasteiger partial charge in [-0.05, 0) is 42.0 Å². The smallest absolute Gasteiger partial charge is 0.123 e. The van der Waals surface area contributed by atoms with Crippen LogP contribution in [0.15, 0.2) is 48.5 Å². The van der Waals surface area contributed by atoms with Gasteiger partial charge in [0.1, 0.15) is 10.2 Å².